The lowest BCUT2D eigenvalue weighted by molar-refractivity contribution is -0.124. The van der Waals surface area contributed by atoms with E-state index in [1.807, 2.05) is 6.92 Å². The van der Waals surface area contributed by atoms with Gasteiger partial charge in [-0.15, -0.1) is 0 Å². The highest BCUT2D eigenvalue weighted by atomic mass is 16.1. The standard InChI is InChI=1S/C17H33N3O/c1-3-6-14-9-12-20(13-14)11-5-4-10-17(2,16(18)21)19-15-7-8-15/h14-15,19H,3-13H2,1-2H3,(H2,18,21). The highest BCUT2D eigenvalue weighted by Crippen LogP contribution is 2.25. The van der Waals surface area contributed by atoms with Gasteiger partial charge in [-0.1, -0.05) is 13.3 Å². The summed E-state index contributed by atoms with van der Waals surface area (Å²) in [6.45, 7) is 7.97. The number of hydrogen-bond acceptors (Lipinski definition) is 3. The molecule has 1 heterocycles. The van der Waals surface area contributed by atoms with Crippen molar-refractivity contribution in [1.82, 2.24) is 10.2 Å². The summed E-state index contributed by atoms with van der Waals surface area (Å²) < 4.78 is 0. The first kappa shape index (κ1) is 16.8. The lowest BCUT2D eigenvalue weighted by atomic mass is 9.93. The van der Waals surface area contributed by atoms with Crippen LogP contribution in [0.15, 0.2) is 0 Å². The molecule has 1 aliphatic heterocycles. The molecule has 1 saturated carbocycles. The van der Waals surface area contributed by atoms with Crippen molar-refractivity contribution >= 4 is 5.91 Å². The van der Waals surface area contributed by atoms with E-state index in [0.717, 1.165) is 18.8 Å². The van der Waals surface area contributed by atoms with E-state index < -0.39 is 5.54 Å². The molecular weight excluding hydrogens is 262 g/mol. The molecule has 2 rings (SSSR count). The third-order valence-electron chi connectivity index (χ3n) is 5.11. The number of carbonyl (C=O) groups is 1. The molecule has 4 nitrogen and oxygen atoms in total. The number of likely N-dealkylation sites (tertiary alicyclic amines) is 1. The average Bonchev–Trinajstić information content (AvgIpc) is 3.13. The van der Waals surface area contributed by atoms with Gasteiger partial charge in [0.25, 0.3) is 0 Å². The number of nitrogens with two attached hydrogens (primary N) is 1. The summed E-state index contributed by atoms with van der Waals surface area (Å²) in [6, 6.07) is 0.524. The van der Waals surface area contributed by atoms with E-state index in [1.54, 1.807) is 0 Å². The van der Waals surface area contributed by atoms with E-state index in [9.17, 15) is 4.79 Å². The second kappa shape index (κ2) is 7.59. The highest BCUT2D eigenvalue weighted by Gasteiger charge is 2.36. The Labute approximate surface area is 129 Å². The Morgan fingerprint density at radius 1 is 1.33 bits per heavy atom. The largest absolute Gasteiger partial charge is 0.368 e. The summed E-state index contributed by atoms with van der Waals surface area (Å²) in [5.41, 5.74) is 5.09. The SMILES string of the molecule is CCCC1CCN(CCCCC(C)(NC2CC2)C(N)=O)C1. The van der Waals surface area contributed by atoms with Gasteiger partial charge in [0.15, 0.2) is 0 Å². The molecule has 2 unspecified atom stereocenters. The van der Waals surface area contributed by atoms with Crippen molar-refractivity contribution in [2.75, 3.05) is 19.6 Å². The van der Waals surface area contributed by atoms with E-state index >= 15 is 0 Å². The van der Waals surface area contributed by atoms with Crippen molar-refractivity contribution in [1.29, 1.82) is 0 Å². The van der Waals surface area contributed by atoms with Crippen LogP contribution in [0.3, 0.4) is 0 Å². The second-order valence-corrected chi connectivity index (χ2v) is 7.32. The Kier molecular flexibility index (Phi) is 6.06. The zero-order valence-corrected chi connectivity index (χ0v) is 13.9. The molecule has 1 aliphatic carbocycles. The fraction of sp³-hybridized carbons (Fsp3) is 0.941. The Morgan fingerprint density at radius 3 is 2.71 bits per heavy atom. The van der Waals surface area contributed by atoms with Crippen molar-refractivity contribution < 1.29 is 4.79 Å². The summed E-state index contributed by atoms with van der Waals surface area (Å²) in [6.07, 6.45) is 9.55. The predicted octanol–water partition coefficient (Wildman–Crippen LogP) is 2.27. The lowest BCUT2D eigenvalue weighted by Gasteiger charge is -2.28. The van der Waals surface area contributed by atoms with Gasteiger partial charge in [0.05, 0.1) is 5.54 Å². The molecule has 2 aliphatic rings. The number of amides is 1. The molecule has 0 aromatic heterocycles. The Morgan fingerprint density at radius 2 is 2.10 bits per heavy atom. The quantitative estimate of drug-likeness (QED) is 0.608. The molecule has 2 atom stereocenters. The molecule has 1 amide bonds. The van der Waals surface area contributed by atoms with Crippen molar-refractivity contribution in [2.45, 2.75) is 76.8 Å². The minimum absolute atomic E-state index is 0.196. The van der Waals surface area contributed by atoms with Gasteiger partial charge in [0, 0.05) is 12.6 Å². The van der Waals surface area contributed by atoms with Gasteiger partial charge >= 0.3 is 0 Å². The first-order valence-corrected chi connectivity index (χ1v) is 8.83. The van der Waals surface area contributed by atoms with Crippen LogP contribution in [0.2, 0.25) is 0 Å². The summed E-state index contributed by atoms with van der Waals surface area (Å²) >= 11 is 0. The van der Waals surface area contributed by atoms with Crippen LogP contribution < -0.4 is 11.1 Å². The van der Waals surface area contributed by atoms with Crippen LogP contribution >= 0.6 is 0 Å². The number of rotatable bonds is 10. The third kappa shape index (κ3) is 5.26. The van der Waals surface area contributed by atoms with Crippen molar-refractivity contribution in [3.63, 3.8) is 0 Å². The van der Waals surface area contributed by atoms with Crippen LogP contribution in [0.1, 0.15) is 65.2 Å². The minimum atomic E-state index is -0.503. The normalized spacial score (nSPS) is 25.9. The number of nitrogens with zero attached hydrogens (tertiary/aromatic N) is 1. The van der Waals surface area contributed by atoms with Gasteiger partial charge in [0.1, 0.15) is 0 Å². The second-order valence-electron chi connectivity index (χ2n) is 7.32. The smallest absolute Gasteiger partial charge is 0.237 e. The molecule has 2 fully saturated rings. The molecule has 0 aromatic rings. The number of unbranched alkanes of at least 4 members (excludes halogenated alkanes) is 1. The molecule has 0 spiro atoms. The first-order valence-electron chi connectivity index (χ1n) is 8.83. The Balaban J connectivity index is 1.63. The van der Waals surface area contributed by atoms with Crippen LogP contribution in [-0.2, 0) is 4.79 Å². The molecule has 3 N–H and O–H groups in total. The third-order valence-corrected chi connectivity index (χ3v) is 5.11. The van der Waals surface area contributed by atoms with E-state index in [2.05, 4.69) is 17.1 Å². The van der Waals surface area contributed by atoms with Crippen LogP contribution in [0.4, 0.5) is 0 Å². The number of hydrogen-bond donors (Lipinski definition) is 2. The van der Waals surface area contributed by atoms with Crippen molar-refractivity contribution in [3.8, 4) is 0 Å². The molecular formula is C17H33N3O. The van der Waals surface area contributed by atoms with Crippen molar-refractivity contribution in [2.24, 2.45) is 11.7 Å². The molecule has 21 heavy (non-hydrogen) atoms. The van der Waals surface area contributed by atoms with Crippen LogP contribution in [0.5, 0.6) is 0 Å². The van der Waals surface area contributed by atoms with Gasteiger partial charge in [-0.2, -0.15) is 0 Å². The fourth-order valence-electron chi connectivity index (χ4n) is 3.52. The highest BCUT2D eigenvalue weighted by molar-refractivity contribution is 5.84. The van der Waals surface area contributed by atoms with Crippen LogP contribution in [0, 0.1) is 5.92 Å². The molecule has 4 heteroatoms. The van der Waals surface area contributed by atoms with Gasteiger partial charge in [0.2, 0.25) is 5.91 Å². The van der Waals surface area contributed by atoms with Crippen molar-refractivity contribution in [3.05, 3.63) is 0 Å². The Bertz CT molecular complexity index is 343. The number of primary amides is 1. The summed E-state index contributed by atoms with van der Waals surface area (Å²) in [5.74, 6) is 0.723. The Hall–Kier alpha value is -0.610. The van der Waals surface area contributed by atoms with Crippen LogP contribution in [-0.4, -0.2) is 42.0 Å². The van der Waals surface area contributed by atoms with Crippen LogP contribution in [0.25, 0.3) is 0 Å². The molecule has 122 valence electrons. The summed E-state index contributed by atoms with van der Waals surface area (Å²) in [7, 11) is 0. The van der Waals surface area contributed by atoms with E-state index in [4.69, 9.17) is 5.73 Å². The molecule has 0 radical (unpaired) electrons. The minimum Gasteiger partial charge on any atom is -0.368 e. The molecule has 0 aromatic carbocycles. The fourth-order valence-corrected chi connectivity index (χ4v) is 3.52. The molecule has 0 bridgehead atoms. The predicted molar refractivity (Wildman–Crippen MR) is 87.1 cm³/mol. The number of nitrogens with one attached hydrogen (secondary N) is 1. The summed E-state index contributed by atoms with van der Waals surface area (Å²) in [5, 5.41) is 3.43. The van der Waals surface area contributed by atoms with Gasteiger partial charge in [-0.3, -0.25) is 4.79 Å². The zero-order valence-electron chi connectivity index (χ0n) is 13.9. The van der Waals surface area contributed by atoms with Gasteiger partial charge < -0.3 is 16.0 Å². The van der Waals surface area contributed by atoms with E-state index in [1.165, 1.54) is 58.2 Å². The monoisotopic (exact) mass is 295 g/mol. The molecule has 1 saturated heterocycles. The van der Waals surface area contributed by atoms with Gasteiger partial charge in [-0.25, -0.2) is 0 Å². The average molecular weight is 295 g/mol. The topological polar surface area (TPSA) is 58.4 Å². The first-order chi connectivity index (χ1) is 10.0. The lowest BCUT2D eigenvalue weighted by Crippen LogP contribution is -2.54. The van der Waals surface area contributed by atoms with Gasteiger partial charge in [-0.05, 0) is 70.9 Å². The maximum absolute atomic E-state index is 11.7. The van der Waals surface area contributed by atoms with E-state index in [-0.39, 0.29) is 5.91 Å². The zero-order chi connectivity index (χ0) is 15.3. The maximum atomic E-state index is 11.7. The maximum Gasteiger partial charge on any atom is 0.237 e. The summed E-state index contributed by atoms with van der Waals surface area (Å²) in [4.78, 5) is 14.3. The number of carbonyl (C=O) groups excluding carboxylic acids is 1. The van der Waals surface area contributed by atoms with E-state index in [0.29, 0.717) is 6.04 Å².